The average Bonchev–Trinajstić information content (AvgIpc) is 3.17. The van der Waals surface area contributed by atoms with Crippen LogP contribution < -0.4 is 5.56 Å². The average molecular weight is 389 g/mol. The van der Waals surface area contributed by atoms with E-state index in [9.17, 15) is 14.7 Å². The molecule has 3 aliphatic rings. The molecule has 2 aliphatic heterocycles. The van der Waals surface area contributed by atoms with Crippen molar-refractivity contribution in [3.63, 3.8) is 0 Å². The molecule has 3 atom stereocenters. The predicted octanol–water partition coefficient (Wildman–Crippen LogP) is 2.41. The van der Waals surface area contributed by atoms with E-state index in [2.05, 4.69) is 0 Å². The van der Waals surface area contributed by atoms with Crippen molar-refractivity contribution in [2.75, 3.05) is 19.7 Å². The Morgan fingerprint density at radius 2 is 2.07 bits per heavy atom. The second-order valence-corrected chi connectivity index (χ2v) is 8.94. The lowest BCUT2D eigenvalue weighted by Crippen LogP contribution is -2.55. The van der Waals surface area contributed by atoms with E-state index < -0.39 is 5.60 Å². The molecule has 1 saturated carbocycles. The van der Waals surface area contributed by atoms with Gasteiger partial charge in [-0.3, -0.25) is 9.59 Å². The maximum Gasteiger partial charge on any atom is 0.263 e. The molecule has 3 heterocycles. The van der Waals surface area contributed by atoms with E-state index in [1.165, 1.54) is 0 Å². The van der Waals surface area contributed by atoms with E-state index in [0.717, 1.165) is 56.4 Å². The van der Waals surface area contributed by atoms with Crippen LogP contribution in [0.1, 0.15) is 66.6 Å². The zero-order valence-corrected chi connectivity index (χ0v) is 17.1. The lowest BCUT2D eigenvalue weighted by atomic mass is 9.71. The zero-order chi connectivity index (χ0) is 19.9. The number of ether oxygens (including phenoxy) is 1. The molecule has 1 aliphatic carbocycles. The highest BCUT2D eigenvalue weighted by atomic mass is 16.5. The summed E-state index contributed by atoms with van der Waals surface area (Å²) in [5.74, 6) is -0.0602. The number of nitrogens with zero attached hydrogens (tertiary/aromatic N) is 2. The molecule has 1 amide bonds. The molecular formula is C22H32N2O4. The van der Waals surface area contributed by atoms with Crippen LogP contribution in [-0.4, -0.2) is 51.9 Å². The van der Waals surface area contributed by atoms with Crippen LogP contribution in [-0.2, 0) is 11.3 Å². The number of hydrogen-bond donors (Lipinski definition) is 1. The summed E-state index contributed by atoms with van der Waals surface area (Å²) in [5, 5.41) is 10.9. The van der Waals surface area contributed by atoms with E-state index >= 15 is 0 Å². The van der Waals surface area contributed by atoms with Crippen molar-refractivity contribution in [1.29, 1.82) is 0 Å². The molecule has 1 aromatic heterocycles. The highest BCUT2D eigenvalue weighted by Crippen LogP contribution is 2.40. The first kappa shape index (κ1) is 19.6. The Bertz CT molecular complexity index is 811. The van der Waals surface area contributed by atoms with E-state index in [0.29, 0.717) is 26.1 Å². The molecule has 1 aromatic rings. The fourth-order valence-electron chi connectivity index (χ4n) is 5.32. The fraction of sp³-hybridized carbons (Fsp3) is 0.727. The number of likely N-dealkylation sites (tertiary alicyclic amines) is 1. The number of fused-ring (bicyclic) bond motifs is 1. The number of aryl methyl sites for hydroxylation is 2. The molecule has 4 rings (SSSR count). The number of rotatable bonds is 3. The minimum atomic E-state index is -0.628. The Labute approximate surface area is 166 Å². The summed E-state index contributed by atoms with van der Waals surface area (Å²) in [6.45, 7) is 6.08. The van der Waals surface area contributed by atoms with Crippen molar-refractivity contribution in [2.24, 2.45) is 5.92 Å². The lowest BCUT2D eigenvalue weighted by Gasteiger charge is -2.47. The van der Waals surface area contributed by atoms with E-state index in [4.69, 9.17) is 4.74 Å². The molecule has 0 unspecified atom stereocenters. The van der Waals surface area contributed by atoms with E-state index in [1.807, 2.05) is 19.9 Å². The lowest BCUT2D eigenvalue weighted by molar-refractivity contribution is -0.0886. The normalized spacial score (nSPS) is 30.3. The fourth-order valence-corrected chi connectivity index (χ4v) is 5.32. The van der Waals surface area contributed by atoms with E-state index in [-0.39, 0.29) is 29.1 Å². The SMILES string of the molecule is Cc1cc(C)n(C[C@@H]2CCCO2)c(=O)c1C(=O)N1CC[C@@]2(O)CCCC[C@@H]2C1. The van der Waals surface area contributed by atoms with Gasteiger partial charge in [-0.2, -0.15) is 0 Å². The van der Waals surface area contributed by atoms with Crippen molar-refractivity contribution in [1.82, 2.24) is 9.47 Å². The van der Waals surface area contributed by atoms with Crippen LogP contribution in [0.4, 0.5) is 0 Å². The summed E-state index contributed by atoms with van der Waals surface area (Å²) in [5.41, 5.74) is 1.06. The first-order valence-electron chi connectivity index (χ1n) is 10.7. The number of hydrogen-bond acceptors (Lipinski definition) is 4. The Hall–Kier alpha value is -1.66. The van der Waals surface area contributed by atoms with Crippen molar-refractivity contribution in [3.8, 4) is 0 Å². The third kappa shape index (κ3) is 3.52. The number of carbonyl (C=O) groups excluding carboxylic acids is 1. The zero-order valence-electron chi connectivity index (χ0n) is 17.1. The summed E-state index contributed by atoms with van der Waals surface area (Å²) in [6.07, 6.45) is 6.59. The molecule has 1 N–H and O–H groups in total. The van der Waals surface area contributed by atoms with Gasteiger partial charge in [0.15, 0.2) is 0 Å². The van der Waals surface area contributed by atoms with Crippen molar-refractivity contribution in [2.45, 2.75) is 77.0 Å². The second kappa shape index (κ2) is 7.64. The van der Waals surface area contributed by atoms with Crippen LogP contribution >= 0.6 is 0 Å². The molecule has 6 heteroatoms. The number of piperidine rings is 1. The van der Waals surface area contributed by atoms with Crippen LogP contribution in [0.2, 0.25) is 0 Å². The van der Waals surface area contributed by atoms with Crippen LogP contribution in [0.15, 0.2) is 10.9 Å². The highest BCUT2D eigenvalue weighted by Gasteiger charge is 2.44. The number of aliphatic hydroxyl groups is 1. The molecule has 2 saturated heterocycles. The molecule has 28 heavy (non-hydrogen) atoms. The van der Waals surface area contributed by atoms with Gasteiger partial charge in [-0.05, 0) is 57.6 Å². The summed E-state index contributed by atoms with van der Waals surface area (Å²) in [6, 6.07) is 1.93. The highest BCUT2D eigenvalue weighted by molar-refractivity contribution is 5.95. The van der Waals surface area contributed by atoms with Crippen LogP contribution in [0.3, 0.4) is 0 Å². The topological polar surface area (TPSA) is 71.8 Å². The largest absolute Gasteiger partial charge is 0.389 e. The van der Waals surface area contributed by atoms with Gasteiger partial charge < -0.3 is 19.3 Å². The summed E-state index contributed by atoms with van der Waals surface area (Å²) >= 11 is 0. The molecule has 154 valence electrons. The van der Waals surface area contributed by atoms with Crippen molar-refractivity contribution in [3.05, 3.63) is 33.2 Å². The number of carbonyl (C=O) groups is 1. The Morgan fingerprint density at radius 3 is 2.82 bits per heavy atom. The minimum absolute atomic E-state index is 0.0503. The van der Waals surface area contributed by atoms with Gasteiger partial charge in [0.2, 0.25) is 0 Å². The van der Waals surface area contributed by atoms with Gasteiger partial charge in [0.05, 0.1) is 18.2 Å². The summed E-state index contributed by atoms with van der Waals surface area (Å²) in [4.78, 5) is 28.4. The molecule has 6 nitrogen and oxygen atoms in total. The van der Waals surface area contributed by atoms with Crippen LogP contribution in [0.5, 0.6) is 0 Å². The van der Waals surface area contributed by atoms with Gasteiger partial charge in [0, 0.05) is 31.3 Å². The van der Waals surface area contributed by atoms with Crippen LogP contribution in [0, 0.1) is 19.8 Å². The molecule has 0 aromatic carbocycles. The maximum atomic E-state index is 13.3. The van der Waals surface area contributed by atoms with Gasteiger partial charge in [0.1, 0.15) is 5.56 Å². The molecule has 3 fully saturated rings. The third-order valence-electron chi connectivity index (χ3n) is 7.04. The van der Waals surface area contributed by atoms with Crippen molar-refractivity contribution >= 4 is 5.91 Å². The number of pyridine rings is 1. The third-order valence-corrected chi connectivity index (χ3v) is 7.04. The Morgan fingerprint density at radius 1 is 1.25 bits per heavy atom. The first-order chi connectivity index (χ1) is 13.4. The predicted molar refractivity (Wildman–Crippen MR) is 107 cm³/mol. The first-order valence-corrected chi connectivity index (χ1v) is 10.7. The monoisotopic (exact) mass is 388 g/mol. The smallest absolute Gasteiger partial charge is 0.263 e. The standard InChI is InChI=1S/C22H32N2O4/c1-15-12-16(2)24(14-18-7-5-11-28-18)21(26)19(15)20(25)23-10-9-22(27)8-4-3-6-17(22)13-23/h12,17-18,27H,3-11,13-14H2,1-2H3/t17-,18+,22+/m1/s1. The maximum absolute atomic E-state index is 13.3. The van der Waals surface area contributed by atoms with Gasteiger partial charge in [-0.25, -0.2) is 0 Å². The van der Waals surface area contributed by atoms with Gasteiger partial charge in [-0.1, -0.05) is 12.8 Å². The molecule has 0 bridgehead atoms. The minimum Gasteiger partial charge on any atom is -0.389 e. The van der Waals surface area contributed by atoms with E-state index in [1.54, 1.807) is 9.47 Å². The Kier molecular flexibility index (Phi) is 5.36. The number of amides is 1. The second-order valence-electron chi connectivity index (χ2n) is 8.94. The Balaban J connectivity index is 1.59. The van der Waals surface area contributed by atoms with Gasteiger partial charge in [-0.15, -0.1) is 0 Å². The number of aromatic nitrogens is 1. The van der Waals surface area contributed by atoms with Gasteiger partial charge in [0.25, 0.3) is 11.5 Å². The quantitative estimate of drug-likeness (QED) is 0.863. The summed E-state index contributed by atoms with van der Waals surface area (Å²) < 4.78 is 7.41. The summed E-state index contributed by atoms with van der Waals surface area (Å²) in [7, 11) is 0. The molecule has 0 radical (unpaired) electrons. The van der Waals surface area contributed by atoms with Gasteiger partial charge >= 0.3 is 0 Å². The van der Waals surface area contributed by atoms with Crippen LogP contribution in [0.25, 0.3) is 0 Å². The molecule has 0 spiro atoms. The molecular weight excluding hydrogens is 356 g/mol. The van der Waals surface area contributed by atoms with Crippen molar-refractivity contribution < 1.29 is 14.6 Å².